The largest absolute Gasteiger partial charge is 0.349 e. The van der Waals surface area contributed by atoms with Gasteiger partial charge in [0, 0.05) is 35.2 Å². The van der Waals surface area contributed by atoms with Gasteiger partial charge in [0.05, 0.1) is 5.56 Å². The van der Waals surface area contributed by atoms with Gasteiger partial charge in [-0.2, -0.15) is 0 Å². The fourth-order valence-electron chi connectivity index (χ4n) is 6.97. The second kappa shape index (κ2) is 8.03. The van der Waals surface area contributed by atoms with Crippen LogP contribution in [0.5, 0.6) is 0 Å². The Morgan fingerprint density at radius 2 is 1.55 bits per heavy atom. The van der Waals surface area contributed by atoms with Crippen LogP contribution in [0.25, 0.3) is 10.9 Å². The fourth-order valence-corrected chi connectivity index (χ4v) is 6.97. The van der Waals surface area contributed by atoms with Crippen molar-refractivity contribution in [1.82, 2.24) is 15.4 Å². The van der Waals surface area contributed by atoms with Gasteiger partial charge in [-0.3, -0.25) is 14.8 Å². The molecule has 4 aliphatic rings. The lowest BCUT2D eigenvalue weighted by atomic mass is 9.54. The number of rotatable bonds is 5. The van der Waals surface area contributed by atoms with E-state index in [4.69, 9.17) is 5.21 Å². The minimum Gasteiger partial charge on any atom is -0.349 e. The van der Waals surface area contributed by atoms with Gasteiger partial charge in [0.2, 0.25) is 0 Å². The minimum absolute atomic E-state index is 0.0392. The molecule has 3 N–H and O–H groups in total. The average Bonchev–Trinajstić information content (AvgIpc) is 3.19. The highest BCUT2D eigenvalue weighted by atomic mass is 16.5. The monoisotopic (exact) mass is 443 g/mol. The van der Waals surface area contributed by atoms with E-state index in [9.17, 15) is 9.59 Å². The summed E-state index contributed by atoms with van der Waals surface area (Å²) in [4.78, 5) is 25.1. The summed E-state index contributed by atoms with van der Waals surface area (Å²) < 4.78 is 2.10. The van der Waals surface area contributed by atoms with E-state index in [2.05, 4.69) is 9.88 Å². The summed E-state index contributed by atoms with van der Waals surface area (Å²) in [6, 6.07) is 15.5. The first-order valence-corrected chi connectivity index (χ1v) is 12.0. The van der Waals surface area contributed by atoms with Crippen molar-refractivity contribution in [2.45, 2.75) is 44.7 Å². The van der Waals surface area contributed by atoms with Crippen LogP contribution < -0.4 is 10.8 Å². The quantitative estimate of drug-likeness (QED) is 0.405. The molecule has 6 nitrogen and oxygen atoms in total. The Labute approximate surface area is 192 Å². The van der Waals surface area contributed by atoms with E-state index in [1.54, 1.807) is 17.6 Å². The fraction of sp³-hybridized carbons (Fsp3) is 0.407. The first-order chi connectivity index (χ1) is 16.1. The molecule has 0 aliphatic heterocycles. The molecule has 0 atom stereocenters. The molecule has 1 aromatic heterocycles. The van der Waals surface area contributed by atoms with Gasteiger partial charge in [-0.25, -0.2) is 5.48 Å². The molecule has 2 aromatic carbocycles. The van der Waals surface area contributed by atoms with Crippen LogP contribution in [-0.2, 0) is 6.54 Å². The molecule has 0 unspecified atom stereocenters. The summed E-state index contributed by atoms with van der Waals surface area (Å²) >= 11 is 0. The molecule has 1 heterocycles. The van der Waals surface area contributed by atoms with Crippen LogP contribution in [0.4, 0.5) is 0 Å². The van der Waals surface area contributed by atoms with Gasteiger partial charge in [0.25, 0.3) is 11.8 Å². The van der Waals surface area contributed by atoms with Crippen molar-refractivity contribution in [3.63, 3.8) is 0 Å². The number of aromatic nitrogens is 1. The van der Waals surface area contributed by atoms with Crippen LogP contribution in [0.15, 0.2) is 54.7 Å². The molecule has 6 heteroatoms. The summed E-state index contributed by atoms with van der Waals surface area (Å²) in [7, 11) is 0. The Hall–Kier alpha value is -3.12. The second-order valence-corrected chi connectivity index (χ2v) is 10.3. The van der Waals surface area contributed by atoms with Crippen LogP contribution in [0, 0.1) is 23.7 Å². The third-order valence-corrected chi connectivity index (χ3v) is 8.23. The number of para-hydroxylation sites is 1. The van der Waals surface area contributed by atoms with Gasteiger partial charge >= 0.3 is 0 Å². The predicted molar refractivity (Wildman–Crippen MR) is 125 cm³/mol. The normalized spacial score (nSPS) is 27.6. The molecule has 2 amide bonds. The number of carbonyl (C=O) groups is 2. The average molecular weight is 444 g/mol. The van der Waals surface area contributed by atoms with Crippen LogP contribution in [0.1, 0.15) is 58.4 Å². The van der Waals surface area contributed by atoms with E-state index in [0.29, 0.717) is 30.0 Å². The van der Waals surface area contributed by atoms with Gasteiger partial charge in [-0.15, -0.1) is 0 Å². The first kappa shape index (κ1) is 20.5. The molecule has 0 spiro atoms. The van der Waals surface area contributed by atoms with Crippen molar-refractivity contribution in [1.29, 1.82) is 0 Å². The number of hydrogen-bond acceptors (Lipinski definition) is 3. The lowest BCUT2D eigenvalue weighted by Gasteiger charge is -2.54. The van der Waals surface area contributed by atoms with Crippen LogP contribution >= 0.6 is 0 Å². The lowest BCUT2D eigenvalue weighted by molar-refractivity contribution is -0.0119. The van der Waals surface area contributed by atoms with Crippen molar-refractivity contribution in [2.24, 2.45) is 23.7 Å². The third kappa shape index (κ3) is 3.62. The molecule has 7 rings (SSSR count). The number of fused-ring (bicyclic) bond motifs is 1. The number of hydroxylamine groups is 1. The van der Waals surface area contributed by atoms with E-state index in [1.807, 2.05) is 42.6 Å². The Morgan fingerprint density at radius 3 is 2.21 bits per heavy atom. The number of amides is 2. The molecule has 3 aromatic rings. The van der Waals surface area contributed by atoms with Crippen molar-refractivity contribution in [2.75, 3.05) is 0 Å². The van der Waals surface area contributed by atoms with Crippen molar-refractivity contribution in [3.8, 4) is 0 Å². The summed E-state index contributed by atoms with van der Waals surface area (Å²) in [6.07, 6.45) is 8.50. The molecule has 4 saturated carbocycles. The Balaban J connectivity index is 1.25. The topological polar surface area (TPSA) is 83.4 Å². The molecule has 4 aliphatic carbocycles. The van der Waals surface area contributed by atoms with E-state index in [0.717, 1.165) is 33.9 Å². The molecule has 0 radical (unpaired) electrons. The van der Waals surface area contributed by atoms with E-state index in [-0.39, 0.29) is 5.91 Å². The number of carbonyl (C=O) groups excluding carboxylic acids is 2. The van der Waals surface area contributed by atoms with Gasteiger partial charge < -0.3 is 9.88 Å². The first-order valence-electron chi connectivity index (χ1n) is 12.0. The van der Waals surface area contributed by atoms with Crippen molar-refractivity contribution >= 4 is 22.7 Å². The second-order valence-electron chi connectivity index (χ2n) is 10.3. The van der Waals surface area contributed by atoms with Crippen LogP contribution in [0.3, 0.4) is 0 Å². The van der Waals surface area contributed by atoms with E-state index >= 15 is 0 Å². The smallest absolute Gasteiger partial charge is 0.274 e. The number of nitrogens with one attached hydrogen (secondary N) is 2. The Kier molecular flexibility index (Phi) is 4.98. The molecule has 170 valence electrons. The molecule has 4 fully saturated rings. The number of hydrogen-bond donors (Lipinski definition) is 3. The zero-order valence-corrected chi connectivity index (χ0v) is 18.5. The highest BCUT2D eigenvalue weighted by Crippen LogP contribution is 2.53. The van der Waals surface area contributed by atoms with E-state index in [1.165, 1.54) is 32.1 Å². The number of nitrogens with zero attached hydrogens (tertiary/aromatic N) is 1. The van der Waals surface area contributed by atoms with E-state index < -0.39 is 5.91 Å². The Bertz CT molecular complexity index is 1190. The van der Waals surface area contributed by atoms with Crippen molar-refractivity contribution in [3.05, 3.63) is 71.4 Å². The minimum atomic E-state index is -0.531. The maximum Gasteiger partial charge on any atom is 0.274 e. The van der Waals surface area contributed by atoms with Gasteiger partial charge in [-0.1, -0.05) is 30.3 Å². The maximum absolute atomic E-state index is 13.5. The molecular formula is C27H29N3O3. The lowest BCUT2D eigenvalue weighted by Crippen LogP contribution is -2.55. The zero-order chi connectivity index (χ0) is 22.5. The van der Waals surface area contributed by atoms with Crippen LogP contribution in [-0.4, -0.2) is 27.6 Å². The highest BCUT2D eigenvalue weighted by molar-refractivity contribution is 6.07. The third-order valence-electron chi connectivity index (χ3n) is 8.23. The zero-order valence-electron chi connectivity index (χ0n) is 18.5. The maximum atomic E-state index is 13.5. The van der Waals surface area contributed by atoms with Gasteiger partial charge in [0.1, 0.15) is 0 Å². The molecule has 0 saturated heterocycles. The molecule has 4 bridgehead atoms. The van der Waals surface area contributed by atoms with Gasteiger partial charge in [0.15, 0.2) is 0 Å². The molecule has 33 heavy (non-hydrogen) atoms. The number of benzene rings is 2. The summed E-state index contributed by atoms with van der Waals surface area (Å²) in [5, 5.41) is 13.2. The predicted octanol–water partition coefficient (Wildman–Crippen LogP) is 4.36. The molecular weight excluding hydrogens is 414 g/mol. The van der Waals surface area contributed by atoms with Gasteiger partial charge in [-0.05, 0) is 79.5 Å². The summed E-state index contributed by atoms with van der Waals surface area (Å²) in [5.74, 6) is 2.57. The summed E-state index contributed by atoms with van der Waals surface area (Å²) in [5.41, 5.74) is 4.81. The standard InChI is InChI=1S/C27H29N3O3/c31-26(29-33)19-7-5-16(6-8-19)14-30-15-23(22-3-1-2-4-24(22)30)27(32)28-25-20-10-17-9-18(12-20)13-21(25)11-17/h1-8,15,17-18,20-21,25,33H,9-14H2,(H,28,32)(H,29,31). The van der Waals surface area contributed by atoms with Crippen molar-refractivity contribution < 1.29 is 14.8 Å². The highest BCUT2D eigenvalue weighted by Gasteiger charge is 2.48. The Morgan fingerprint density at radius 1 is 0.879 bits per heavy atom. The SMILES string of the molecule is O=C(NO)c1ccc(Cn2cc(C(=O)NC3C4CC5CC(C4)CC3C5)c3ccccc32)cc1. The summed E-state index contributed by atoms with van der Waals surface area (Å²) in [6.45, 7) is 0.590. The van der Waals surface area contributed by atoms with Crippen LogP contribution in [0.2, 0.25) is 0 Å².